The van der Waals surface area contributed by atoms with Gasteiger partial charge in [0.05, 0.1) is 0 Å². The third kappa shape index (κ3) is 3.83. The summed E-state index contributed by atoms with van der Waals surface area (Å²) in [5.41, 5.74) is 2.14. The molecule has 3 rings (SSSR count). The van der Waals surface area contributed by atoms with Crippen molar-refractivity contribution >= 4 is 28.3 Å². The number of carbonyl (C=O) groups is 2. The smallest absolute Gasteiger partial charge is 0.251 e. The number of hydrogen-bond acceptors (Lipinski definition) is 3. The Kier molecular flexibility index (Phi) is 5.17. The summed E-state index contributed by atoms with van der Waals surface area (Å²) in [5, 5.41) is 16.9. The van der Waals surface area contributed by atoms with E-state index in [1.807, 2.05) is 43.3 Å². The lowest BCUT2D eigenvalue weighted by Gasteiger charge is -2.11. The Morgan fingerprint density at radius 1 is 0.923 bits per heavy atom. The summed E-state index contributed by atoms with van der Waals surface area (Å²) in [7, 11) is 0. The summed E-state index contributed by atoms with van der Waals surface area (Å²) in [6, 6.07) is 17.8. The molecule has 3 aromatic rings. The van der Waals surface area contributed by atoms with Crippen molar-refractivity contribution in [2.75, 3.05) is 11.9 Å². The summed E-state index contributed by atoms with van der Waals surface area (Å²) in [6.07, 6.45) is 0.160. The first-order chi connectivity index (χ1) is 12.6. The lowest BCUT2D eigenvalue weighted by Crippen LogP contribution is -2.28. The maximum Gasteiger partial charge on any atom is 0.251 e. The van der Waals surface area contributed by atoms with E-state index in [4.69, 9.17) is 0 Å². The number of nitrogens with one attached hydrogen (secondary N) is 2. The molecule has 132 valence electrons. The van der Waals surface area contributed by atoms with Crippen LogP contribution in [0.4, 0.5) is 5.69 Å². The van der Waals surface area contributed by atoms with Gasteiger partial charge in [0.15, 0.2) is 0 Å². The van der Waals surface area contributed by atoms with Gasteiger partial charge in [-0.3, -0.25) is 9.59 Å². The maximum absolute atomic E-state index is 12.2. The number of carbonyl (C=O) groups excluding carboxylic acids is 2. The molecule has 0 aromatic heterocycles. The zero-order valence-corrected chi connectivity index (χ0v) is 14.5. The molecule has 0 spiro atoms. The Balaban J connectivity index is 1.59. The lowest BCUT2D eigenvalue weighted by atomic mass is 10.1. The molecule has 0 saturated carbocycles. The predicted octanol–water partition coefficient (Wildman–Crippen LogP) is 3.61. The molecule has 5 nitrogen and oxygen atoms in total. The molecular weight excluding hydrogens is 328 g/mol. The summed E-state index contributed by atoms with van der Waals surface area (Å²) < 4.78 is 0. The zero-order chi connectivity index (χ0) is 18.5. The number of phenols is 1. The van der Waals surface area contributed by atoms with Gasteiger partial charge >= 0.3 is 0 Å². The van der Waals surface area contributed by atoms with Gasteiger partial charge in [0, 0.05) is 35.0 Å². The Bertz CT molecular complexity index is 966. The van der Waals surface area contributed by atoms with Crippen LogP contribution in [0, 0.1) is 6.92 Å². The minimum atomic E-state index is -0.203. The van der Waals surface area contributed by atoms with Crippen molar-refractivity contribution < 1.29 is 14.7 Å². The van der Waals surface area contributed by atoms with Crippen molar-refractivity contribution in [3.05, 3.63) is 71.8 Å². The molecule has 0 atom stereocenters. The molecule has 26 heavy (non-hydrogen) atoms. The molecular formula is C21H20N2O3. The van der Waals surface area contributed by atoms with Crippen LogP contribution in [-0.4, -0.2) is 23.5 Å². The standard InChI is InChI=1S/C21H20N2O3/c1-14-6-2-3-7-15(14)21(26)22-13-12-20(25)23-18-10-11-19(24)17-9-5-4-8-16(17)18/h2-11,24H,12-13H2,1H3,(H,22,26)(H,23,25). The fourth-order valence-corrected chi connectivity index (χ4v) is 2.82. The maximum atomic E-state index is 12.2. The van der Waals surface area contributed by atoms with Crippen LogP contribution in [0.25, 0.3) is 10.8 Å². The highest BCUT2D eigenvalue weighted by Crippen LogP contribution is 2.30. The van der Waals surface area contributed by atoms with Crippen LogP contribution in [0.5, 0.6) is 5.75 Å². The largest absolute Gasteiger partial charge is 0.507 e. The third-order valence-electron chi connectivity index (χ3n) is 4.20. The highest BCUT2D eigenvalue weighted by Gasteiger charge is 2.10. The molecule has 0 aliphatic rings. The van der Waals surface area contributed by atoms with Crippen molar-refractivity contribution in [1.82, 2.24) is 5.32 Å². The van der Waals surface area contributed by atoms with Crippen molar-refractivity contribution in [3.63, 3.8) is 0 Å². The molecule has 0 radical (unpaired) electrons. The first-order valence-electron chi connectivity index (χ1n) is 8.40. The van der Waals surface area contributed by atoms with Gasteiger partial charge in [-0.2, -0.15) is 0 Å². The number of aromatic hydroxyl groups is 1. The summed E-state index contributed by atoms with van der Waals surface area (Å²) in [6.45, 7) is 2.12. The van der Waals surface area contributed by atoms with E-state index in [9.17, 15) is 14.7 Å². The van der Waals surface area contributed by atoms with E-state index in [1.165, 1.54) is 0 Å². The van der Waals surface area contributed by atoms with Crippen LogP contribution in [0.2, 0.25) is 0 Å². The minimum absolute atomic E-state index is 0.160. The summed E-state index contributed by atoms with van der Waals surface area (Å²) in [5.74, 6) is -0.221. The predicted molar refractivity (Wildman–Crippen MR) is 102 cm³/mol. The molecule has 0 bridgehead atoms. The fraction of sp³-hybridized carbons (Fsp3) is 0.143. The number of phenolic OH excluding ortho intramolecular Hbond substituents is 1. The Morgan fingerprint density at radius 3 is 2.38 bits per heavy atom. The van der Waals surface area contributed by atoms with Gasteiger partial charge in [0.1, 0.15) is 5.75 Å². The number of aryl methyl sites for hydroxylation is 1. The van der Waals surface area contributed by atoms with Crippen LogP contribution < -0.4 is 10.6 Å². The number of hydrogen-bond donors (Lipinski definition) is 3. The quantitative estimate of drug-likeness (QED) is 0.616. The number of fused-ring (bicyclic) bond motifs is 1. The van der Waals surface area contributed by atoms with Crippen LogP contribution >= 0.6 is 0 Å². The van der Waals surface area contributed by atoms with Crippen molar-refractivity contribution in [3.8, 4) is 5.75 Å². The topological polar surface area (TPSA) is 78.4 Å². The van der Waals surface area contributed by atoms with Gasteiger partial charge in [-0.1, -0.05) is 42.5 Å². The average molecular weight is 348 g/mol. The monoisotopic (exact) mass is 348 g/mol. The fourth-order valence-electron chi connectivity index (χ4n) is 2.82. The molecule has 2 amide bonds. The molecule has 0 aliphatic heterocycles. The molecule has 3 aromatic carbocycles. The van der Waals surface area contributed by atoms with E-state index in [0.29, 0.717) is 16.6 Å². The number of benzene rings is 3. The molecule has 0 fully saturated rings. The molecule has 0 aliphatic carbocycles. The first kappa shape index (κ1) is 17.5. The summed E-state index contributed by atoms with van der Waals surface area (Å²) >= 11 is 0. The van der Waals surface area contributed by atoms with E-state index < -0.39 is 0 Å². The van der Waals surface area contributed by atoms with E-state index in [1.54, 1.807) is 24.3 Å². The molecule has 5 heteroatoms. The second-order valence-corrected chi connectivity index (χ2v) is 6.05. The lowest BCUT2D eigenvalue weighted by molar-refractivity contribution is -0.116. The van der Waals surface area contributed by atoms with Crippen molar-refractivity contribution in [1.29, 1.82) is 0 Å². The van der Waals surface area contributed by atoms with Crippen molar-refractivity contribution in [2.24, 2.45) is 0 Å². The van der Waals surface area contributed by atoms with Crippen LogP contribution in [0.1, 0.15) is 22.3 Å². The zero-order valence-electron chi connectivity index (χ0n) is 14.5. The van der Waals surface area contributed by atoms with Gasteiger partial charge in [-0.15, -0.1) is 0 Å². The van der Waals surface area contributed by atoms with Gasteiger partial charge in [0.25, 0.3) is 5.91 Å². The molecule has 0 saturated heterocycles. The van der Waals surface area contributed by atoms with Crippen molar-refractivity contribution in [2.45, 2.75) is 13.3 Å². The Labute approximate surface area is 151 Å². The van der Waals surface area contributed by atoms with E-state index in [0.717, 1.165) is 10.9 Å². The van der Waals surface area contributed by atoms with Crippen LogP contribution in [0.3, 0.4) is 0 Å². The Hall–Kier alpha value is -3.34. The summed E-state index contributed by atoms with van der Waals surface area (Å²) in [4.78, 5) is 24.3. The minimum Gasteiger partial charge on any atom is -0.507 e. The first-order valence-corrected chi connectivity index (χ1v) is 8.40. The van der Waals surface area contributed by atoms with E-state index in [2.05, 4.69) is 10.6 Å². The van der Waals surface area contributed by atoms with Crippen LogP contribution in [0.15, 0.2) is 60.7 Å². The van der Waals surface area contributed by atoms with E-state index in [-0.39, 0.29) is 30.5 Å². The van der Waals surface area contributed by atoms with Gasteiger partial charge < -0.3 is 15.7 Å². The Morgan fingerprint density at radius 2 is 1.62 bits per heavy atom. The third-order valence-corrected chi connectivity index (χ3v) is 4.20. The van der Waals surface area contributed by atoms with Gasteiger partial charge in [-0.05, 0) is 30.7 Å². The van der Waals surface area contributed by atoms with Gasteiger partial charge in [-0.25, -0.2) is 0 Å². The van der Waals surface area contributed by atoms with Crippen LogP contribution in [-0.2, 0) is 4.79 Å². The average Bonchev–Trinajstić information content (AvgIpc) is 2.64. The normalized spacial score (nSPS) is 10.5. The molecule has 3 N–H and O–H groups in total. The highest BCUT2D eigenvalue weighted by molar-refractivity contribution is 6.04. The second-order valence-electron chi connectivity index (χ2n) is 6.05. The van der Waals surface area contributed by atoms with Gasteiger partial charge in [0.2, 0.25) is 5.91 Å². The second kappa shape index (κ2) is 7.70. The number of amides is 2. The SMILES string of the molecule is Cc1ccccc1C(=O)NCCC(=O)Nc1ccc(O)c2ccccc12. The number of anilines is 1. The highest BCUT2D eigenvalue weighted by atomic mass is 16.3. The number of rotatable bonds is 5. The molecule has 0 heterocycles. The molecule has 0 unspecified atom stereocenters. The van der Waals surface area contributed by atoms with E-state index >= 15 is 0 Å².